The van der Waals surface area contributed by atoms with Crippen molar-refractivity contribution in [1.82, 2.24) is 5.16 Å². The Labute approximate surface area is 117 Å². The molecule has 0 bridgehead atoms. The monoisotopic (exact) mass is 290 g/mol. The molecule has 3 aromatic heterocycles. The first-order valence-electron chi connectivity index (χ1n) is 5.59. The second kappa shape index (κ2) is 4.99. The van der Waals surface area contributed by atoms with Gasteiger partial charge >= 0.3 is 0 Å². The summed E-state index contributed by atoms with van der Waals surface area (Å²) in [5.41, 5.74) is 2.67. The minimum atomic E-state index is -0.166. The van der Waals surface area contributed by atoms with Crippen molar-refractivity contribution in [2.24, 2.45) is 0 Å². The number of amides is 1. The van der Waals surface area contributed by atoms with Crippen LogP contribution >= 0.6 is 22.7 Å². The molecule has 0 aliphatic carbocycles. The van der Waals surface area contributed by atoms with Crippen LogP contribution in [0.25, 0.3) is 11.3 Å². The fraction of sp³-hybridized carbons (Fsp3) is 0.0769. The van der Waals surface area contributed by atoms with Gasteiger partial charge in [0.25, 0.3) is 5.91 Å². The summed E-state index contributed by atoms with van der Waals surface area (Å²) in [5.74, 6) is 0.194. The highest BCUT2D eigenvalue weighted by atomic mass is 32.1. The molecule has 0 fully saturated rings. The van der Waals surface area contributed by atoms with Crippen LogP contribution in [0.1, 0.15) is 15.2 Å². The second-order valence-corrected chi connectivity index (χ2v) is 5.67. The Morgan fingerprint density at radius 2 is 2.26 bits per heavy atom. The second-order valence-electron chi connectivity index (χ2n) is 3.98. The number of hydrogen-bond acceptors (Lipinski definition) is 5. The topological polar surface area (TPSA) is 55.1 Å². The van der Waals surface area contributed by atoms with E-state index in [4.69, 9.17) is 4.52 Å². The third-order valence-corrected chi connectivity index (χ3v) is 4.33. The third kappa shape index (κ3) is 2.45. The number of aromatic nitrogens is 1. The maximum atomic E-state index is 12.0. The molecule has 0 saturated carbocycles. The summed E-state index contributed by atoms with van der Waals surface area (Å²) in [6.07, 6.45) is 0. The van der Waals surface area contributed by atoms with E-state index >= 15 is 0 Å². The van der Waals surface area contributed by atoms with Crippen LogP contribution in [0.2, 0.25) is 0 Å². The number of anilines is 1. The summed E-state index contributed by atoms with van der Waals surface area (Å²) in [4.78, 5) is 12.7. The van der Waals surface area contributed by atoms with E-state index in [1.807, 2.05) is 35.2 Å². The van der Waals surface area contributed by atoms with Crippen LogP contribution in [0.4, 0.5) is 5.88 Å². The Morgan fingerprint density at radius 1 is 1.37 bits per heavy atom. The number of hydrogen-bond donors (Lipinski definition) is 1. The van der Waals surface area contributed by atoms with Gasteiger partial charge in [-0.1, -0.05) is 5.16 Å². The quantitative estimate of drug-likeness (QED) is 0.792. The lowest BCUT2D eigenvalue weighted by Crippen LogP contribution is -2.10. The Kier molecular flexibility index (Phi) is 3.18. The highest BCUT2D eigenvalue weighted by Gasteiger charge is 2.14. The molecule has 0 unspecified atom stereocenters. The lowest BCUT2D eigenvalue weighted by Gasteiger charge is -1.98. The first kappa shape index (κ1) is 12.1. The van der Waals surface area contributed by atoms with E-state index in [0.29, 0.717) is 10.8 Å². The number of aryl methyl sites for hydroxylation is 1. The van der Waals surface area contributed by atoms with Gasteiger partial charge in [0.2, 0.25) is 5.88 Å². The zero-order chi connectivity index (χ0) is 13.2. The zero-order valence-electron chi connectivity index (χ0n) is 10.0. The number of rotatable bonds is 3. The molecule has 3 aromatic rings. The van der Waals surface area contributed by atoms with Crippen molar-refractivity contribution in [3.63, 3.8) is 0 Å². The third-order valence-electron chi connectivity index (χ3n) is 2.63. The summed E-state index contributed by atoms with van der Waals surface area (Å²) in [6.45, 7) is 1.91. The Hall–Kier alpha value is -1.92. The molecule has 0 saturated heterocycles. The van der Waals surface area contributed by atoms with Crippen LogP contribution in [0.15, 0.2) is 38.9 Å². The normalized spacial score (nSPS) is 10.6. The first-order valence-corrected chi connectivity index (χ1v) is 7.41. The van der Waals surface area contributed by atoms with Crippen molar-refractivity contribution in [1.29, 1.82) is 0 Å². The molecule has 0 aliphatic rings. The summed E-state index contributed by atoms with van der Waals surface area (Å²) in [6, 6.07) is 5.59. The van der Waals surface area contributed by atoms with Gasteiger partial charge in [0.15, 0.2) is 0 Å². The van der Waals surface area contributed by atoms with Crippen LogP contribution in [-0.4, -0.2) is 11.1 Å². The van der Waals surface area contributed by atoms with Crippen molar-refractivity contribution in [3.05, 3.63) is 44.8 Å². The van der Waals surface area contributed by atoms with E-state index in [1.54, 1.807) is 17.4 Å². The minimum absolute atomic E-state index is 0.166. The molecule has 0 atom stereocenters. The number of nitrogens with zero attached hydrogens (tertiary/aromatic N) is 1. The molecule has 3 heterocycles. The zero-order valence-corrected chi connectivity index (χ0v) is 11.7. The van der Waals surface area contributed by atoms with E-state index in [2.05, 4.69) is 10.5 Å². The smallest absolute Gasteiger partial charge is 0.268 e. The first-order chi connectivity index (χ1) is 9.24. The average molecular weight is 290 g/mol. The molecule has 19 heavy (non-hydrogen) atoms. The van der Waals surface area contributed by atoms with E-state index < -0.39 is 0 Å². The van der Waals surface area contributed by atoms with Gasteiger partial charge in [0.1, 0.15) is 5.69 Å². The lowest BCUT2D eigenvalue weighted by molar-refractivity contribution is 0.102. The van der Waals surface area contributed by atoms with Gasteiger partial charge in [-0.15, -0.1) is 11.3 Å². The molecule has 0 spiro atoms. The van der Waals surface area contributed by atoms with E-state index in [1.165, 1.54) is 11.3 Å². The SMILES string of the molecule is Cc1ccsc1C(=O)Nc1cc(-c2ccsc2)no1. The Balaban J connectivity index is 1.78. The molecule has 4 nitrogen and oxygen atoms in total. The van der Waals surface area contributed by atoms with E-state index in [0.717, 1.165) is 16.8 Å². The molecule has 0 aliphatic heterocycles. The Morgan fingerprint density at radius 3 is 2.95 bits per heavy atom. The molecule has 96 valence electrons. The predicted octanol–water partition coefficient (Wildman–Crippen LogP) is 4.03. The molecule has 0 radical (unpaired) electrons. The van der Waals surface area contributed by atoms with Gasteiger partial charge in [-0.2, -0.15) is 11.3 Å². The maximum absolute atomic E-state index is 12.0. The van der Waals surface area contributed by atoms with Crippen molar-refractivity contribution in [3.8, 4) is 11.3 Å². The molecular weight excluding hydrogens is 280 g/mol. The number of carbonyl (C=O) groups excluding carboxylic acids is 1. The molecular formula is C13H10N2O2S2. The van der Waals surface area contributed by atoms with Gasteiger partial charge in [0.05, 0.1) is 4.88 Å². The molecule has 0 aromatic carbocycles. The van der Waals surface area contributed by atoms with Gasteiger partial charge in [-0.05, 0) is 35.4 Å². The Bertz CT molecular complexity index is 698. The summed E-state index contributed by atoms with van der Waals surface area (Å²) in [7, 11) is 0. The van der Waals surface area contributed by atoms with Gasteiger partial charge in [-0.3, -0.25) is 10.1 Å². The summed E-state index contributed by atoms with van der Waals surface area (Å²) < 4.78 is 5.12. The van der Waals surface area contributed by atoms with E-state index in [9.17, 15) is 4.79 Å². The largest absolute Gasteiger partial charge is 0.338 e. The van der Waals surface area contributed by atoms with Gasteiger partial charge < -0.3 is 4.52 Å². The molecule has 1 N–H and O–H groups in total. The summed E-state index contributed by atoms with van der Waals surface area (Å²) >= 11 is 3.00. The number of nitrogens with one attached hydrogen (secondary N) is 1. The highest BCUT2D eigenvalue weighted by Crippen LogP contribution is 2.24. The van der Waals surface area contributed by atoms with Crippen LogP contribution < -0.4 is 5.32 Å². The van der Waals surface area contributed by atoms with E-state index in [-0.39, 0.29) is 5.91 Å². The molecule has 6 heteroatoms. The van der Waals surface area contributed by atoms with Gasteiger partial charge in [-0.25, -0.2) is 0 Å². The predicted molar refractivity (Wildman–Crippen MR) is 76.8 cm³/mol. The minimum Gasteiger partial charge on any atom is -0.338 e. The fourth-order valence-electron chi connectivity index (χ4n) is 1.65. The number of thiophene rings is 2. The van der Waals surface area contributed by atoms with Crippen molar-refractivity contribution < 1.29 is 9.32 Å². The van der Waals surface area contributed by atoms with Crippen LogP contribution in [0, 0.1) is 6.92 Å². The van der Waals surface area contributed by atoms with Crippen LogP contribution in [0.5, 0.6) is 0 Å². The average Bonchev–Trinajstić information content (AvgIpc) is 3.07. The maximum Gasteiger partial charge on any atom is 0.268 e. The highest BCUT2D eigenvalue weighted by molar-refractivity contribution is 7.12. The van der Waals surface area contributed by atoms with Crippen LogP contribution in [-0.2, 0) is 0 Å². The van der Waals surface area contributed by atoms with Crippen LogP contribution in [0.3, 0.4) is 0 Å². The van der Waals surface area contributed by atoms with Crippen molar-refractivity contribution >= 4 is 34.5 Å². The number of carbonyl (C=O) groups is 1. The summed E-state index contributed by atoms with van der Waals surface area (Å²) in [5, 5.41) is 12.5. The van der Waals surface area contributed by atoms with Crippen molar-refractivity contribution in [2.75, 3.05) is 5.32 Å². The fourth-order valence-corrected chi connectivity index (χ4v) is 3.12. The van der Waals surface area contributed by atoms with Gasteiger partial charge in [0, 0.05) is 17.0 Å². The molecule has 1 amide bonds. The van der Waals surface area contributed by atoms with Crippen molar-refractivity contribution in [2.45, 2.75) is 6.92 Å². The standard InChI is InChI=1S/C13H10N2O2S2/c1-8-2-5-19-12(8)13(16)14-11-6-10(15-17-11)9-3-4-18-7-9/h2-7H,1H3,(H,14,16). The lowest BCUT2D eigenvalue weighted by atomic mass is 10.2. The molecule has 3 rings (SSSR count).